The summed E-state index contributed by atoms with van der Waals surface area (Å²) in [6.07, 6.45) is 28.2. The average Bonchev–Trinajstić information content (AvgIpc) is 1.36. The van der Waals surface area contributed by atoms with Gasteiger partial charge in [0, 0.05) is 25.2 Å². The molecule has 0 bridgehead atoms. The Morgan fingerprint density at radius 1 is 0.500 bits per heavy atom. The molecule has 4 N–H and O–H groups in total. The largest absolute Gasteiger partial charge is 0.481 e. The normalized spacial score (nSPS) is 24.3. The zero-order valence-electron chi connectivity index (χ0n) is 66.6. The van der Waals surface area contributed by atoms with Crippen molar-refractivity contribution in [3.8, 4) is 0 Å². The average molecular weight is 1360 g/mol. The first-order valence-electron chi connectivity index (χ1n) is 39.4. The molecule has 6 aliphatic carbocycles. The second-order valence-corrected chi connectivity index (χ2v) is 28.2. The highest BCUT2D eigenvalue weighted by molar-refractivity contribution is 5.82. The summed E-state index contributed by atoms with van der Waals surface area (Å²) in [7, 11) is 0. The van der Waals surface area contributed by atoms with Crippen LogP contribution in [-0.4, -0.2) is 44.3 Å². The van der Waals surface area contributed by atoms with Crippen molar-refractivity contribution in [2.75, 3.05) is 0 Å². The molecule has 98 heavy (non-hydrogen) atoms. The molecule has 0 aromatic heterocycles. The molecule has 6 aliphatic rings. The van der Waals surface area contributed by atoms with Gasteiger partial charge in [0.2, 0.25) is 0 Å². The van der Waals surface area contributed by atoms with E-state index in [2.05, 4.69) is 97.0 Å². The fourth-order valence-corrected chi connectivity index (χ4v) is 17.2. The van der Waals surface area contributed by atoms with Crippen LogP contribution in [0.5, 0.6) is 0 Å². The summed E-state index contributed by atoms with van der Waals surface area (Å²) in [5.41, 5.74) is 3.29. The number of carboxylic acid groups (broad SMARTS) is 4. The maximum absolute atomic E-state index is 11.2. The molecule has 0 aliphatic heterocycles. The zero-order valence-corrected chi connectivity index (χ0v) is 66.6. The Morgan fingerprint density at radius 3 is 1.30 bits per heavy atom. The van der Waals surface area contributed by atoms with E-state index in [0.29, 0.717) is 29.1 Å². The summed E-state index contributed by atoms with van der Waals surface area (Å²) in [4.78, 5) is 40.7. The molecule has 0 saturated heterocycles. The first-order chi connectivity index (χ1) is 47.0. The number of fused-ring (bicyclic) bond motifs is 6. The molecule has 6 fully saturated rings. The third-order valence-corrected chi connectivity index (χ3v) is 22.0. The molecule has 0 radical (unpaired) electrons. The third kappa shape index (κ3) is 31.8. The van der Waals surface area contributed by atoms with Gasteiger partial charge in [0.05, 0.1) is 6.42 Å². The molecular weight excluding hydrogens is 1210 g/mol. The van der Waals surface area contributed by atoms with Crippen molar-refractivity contribution in [2.24, 2.45) is 75.4 Å². The van der Waals surface area contributed by atoms with Crippen molar-refractivity contribution in [1.29, 1.82) is 0 Å². The minimum absolute atomic E-state index is 0.0844. The van der Waals surface area contributed by atoms with Crippen molar-refractivity contribution in [1.82, 2.24) is 0 Å². The summed E-state index contributed by atoms with van der Waals surface area (Å²) in [6.45, 7) is 46.5. The fourth-order valence-electron chi connectivity index (χ4n) is 17.2. The predicted octanol–water partition coefficient (Wildman–Crippen LogP) is 26.9. The molecule has 0 spiro atoms. The third-order valence-electron chi connectivity index (χ3n) is 22.0. The van der Waals surface area contributed by atoms with Crippen LogP contribution in [0.25, 0.3) is 10.8 Å². The van der Waals surface area contributed by atoms with Gasteiger partial charge in [-0.05, 0) is 162 Å². The molecule has 11 rings (SSSR count). The number of hydrogen-bond acceptors (Lipinski definition) is 4. The fraction of sp³-hybridized carbons (Fsp3) is 0.644. The molecule has 6 saturated carbocycles. The Labute approximate surface area is 602 Å². The number of hydrogen-bond donors (Lipinski definition) is 4. The van der Waals surface area contributed by atoms with Gasteiger partial charge in [0.1, 0.15) is 0 Å². The lowest BCUT2D eigenvalue weighted by molar-refractivity contribution is -0.163. The lowest BCUT2D eigenvalue weighted by Crippen LogP contribution is -2.58. The molecule has 8 nitrogen and oxygen atoms in total. The van der Waals surface area contributed by atoms with Gasteiger partial charge in [0.25, 0.3) is 5.97 Å². The van der Waals surface area contributed by atoms with Crippen molar-refractivity contribution in [2.45, 2.75) is 299 Å². The van der Waals surface area contributed by atoms with Crippen LogP contribution in [0.1, 0.15) is 305 Å². The van der Waals surface area contributed by atoms with Crippen LogP contribution in [0, 0.1) is 75.4 Å². The van der Waals surface area contributed by atoms with Crippen LogP contribution in [-0.2, 0) is 24.6 Å². The van der Waals surface area contributed by atoms with Crippen molar-refractivity contribution in [3.05, 3.63) is 157 Å². The van der Waals surface area contributed by atoms with E-state index in [-0.39, 0.29) is 12.8 Å². The summed E-state index contributed by atoms with van der Waals surface area (Å²) < 4.78 is 0. The van der Waals surface area contributed by atoms with Crippen LogP contribution in [0.15, 0.2) is 146 Å². The molecule has 11 atom stereocenters. The molecular formula is C90H148O8. The molecule has 0 heterocycles. The van der Waals surface area contributed by atoms with Gasteiger partial charge >= 0.3 is 17.9 Å². The van der Waals surface area contributed by atoms with Crippen molar-refractivity contribution >= 4 is 34.6 Å². The van der Waals surface area contributed by atoms with Gasteiger partial charge in [-0.15, -0.1) is 0 Å². The first kappa shape index (κ1) is 94.3. The SMILES string of the molecule is CC.CC.CC.CC.CC.CC.CC(=O)O.CC(CC(=O)O)(c1ccccc1)c1ccccc1.CC1(CC2CCCCC2)CCCCC1.CC1CCC2(C)C(C1)CC(C)C1C2CC(C)C2(C)C(C(C)CCC(=O)O)CCC12.CCC(=O)O.c1ccc2ccccc2c1.c1ccccc1. The predicted molar refractivity (Wildman–Crippen MR) is 423 cm³/mol. The highest BCUT2D eigenvalue weighted by Gasteiger charge is 2.64. The quantitative estimate of drug-likeness (QED) is 0.102. The van der Waals surface area contributed by atoms with Crippen molar-refractivity contribution < 1.29 is 39.6 Å². The van der Waals surface area contributed by atoms with E-state index in [1.807, 2.05) is 187 Å². The summed E-state index contributed by atoms with van der Waals surface area (Å²) in [6, 6.07) is 48.3. The smallest absolute Gasteiger partial charge is 0.304 e. The van der Waals surface area contributed by atoms with Gasteiger partial charge < -0.3 is 20.4 Å². The number of rotatable bonds is 11. The molecule has 0 amide bonds. The summed E-state index contributed by atoms with van der Waals surface area (Å²) in [5.74, 6) is 5.56. The van der Waals surface area contributed by atoms with E-state index in [1.165, 1.54) is 120 Å². The minimum atomic E-state index is -0.833. The van der Waals surface area contributed by atoms with E-state index in [4.69, 9.17) is 15.0 Å². The van der Waals surface area contributed by atoms with E-state index in [0.717, 1.165) is 77.2 Å². The standard InChI is InChI=1S/C27H46O2.C16H16O2.C14H26.C10H8.C6H6.C3H6O2.C2H4O2.6C2H6/c1-16-11-12-26(5)20(13-16)14-18(3)25-22-9-8-21(17(2)7-10-24(28)29)27(22,6)19(4)15-23(25)26;1-16(12-15(17)18,13-8-4-2-5-9-13)14-10-6-3-7-11-14;1-14(10-6-3-7-11-14)12-13-8-4-2-5-9-13;1-2-6-10-8-4-3-7-9(10)5-1;1-2-4-6-5-3-1;1-2-3(4)5;1-2(3)4;6*1-2/h16-23,25H,7-15H2,1-6H3,(H,28,29);2-11H,12H2,1H3,(H,17,18);13H,2-12H2,1H3;1-8H;1-6H;2H2,1H3,(H,4,5);1H3,(H,3,4);6*1-2H3. The van der Waals surface area contributed by atoms with Crippen LogP contribution in [0.3, 0.4) is 0 Å². The molecule has 11 unspecified atom stereocenters. The van der Waals surface area contributed by atoms with Crippen LogP contribution in [0.4, 0.5) is 0 Å². The minimum Gasteiger partial charge on any atom is -0.481 e. The maximum Gasteiger partial charge on any atom is 0.304 e. The van der Waals surface area contributed by atoms with Crippen LogP contribution >= 0.6 is 0 Å². The molecule has 8 heteroatoms. The van der Waals surface area contributed by atoms with Gasteiger partial charge in [-0.3, -0.25) is 19.2 Å². The Kier molecular flexibility index (Phi) is 51.1. The Bertz CT molecular complexity index is 2610. The van der Waals surface area contributed by atoms with Gasteiger partial charge in [-0.1, -0.05) is 349 Å². The topological polar surface area (TPSA) is 149 Å². The summed E-state index contributed by atoms with van der Waals surface area (Å²) >= 11 is 0. The second kappa shape index (κ2) is 53.1. The maximum atomic E-state index is 11.2. The number of carboxylic acids is 4. The Hall–Kier alpha value is -5.76. The number of benzene rings is 5. The van der Waals surface area contributed by atoms with E-state index >= 15 is 0 Å². The Balaban J connectivity index is 0. The van der Waals surface area contributed by atoms with Crippen LogP contribution < -0.4 is 0 Å². The van der Waals surface area contributed by atoms with Gasteiger partial charge in [-0.2, -0.15) is 0 Å². The molecule has 5 aromatic carbocycles. The summed E-state index contributed by atoms with van der Waals surface area (Å²) in [5, 5.41) is 36.1. The highest BCUT2D eigenvalue weighted by Crippen LogP contribution is 2.71. The van der Waals surface area contributed by atoms with Gasteiger partial charge in [0.15, 0.2) is 0 Å². The van der Waals surface area contributed by atoms with E-state index < -0.39 is 29.3 Å². The second-order valence-electron chi connectivity index (χ2n) is 28.2. The van der Waals surface area contributed by atoms with Gasteiger partial charge in [-0.25, -0.2) is 0 Å². The van der Waals surface area contributed by atoms with E-state index in [1.54, 1.807) is 13.3 Å². The van der Waals surface area contributed by atoms with Crippen LogP contribution in [0.2, 0.25) is 0 Å². The number of aliphatic carboxylic acids is 4. The molecule has 556 valence electrons. The number of carbonyl (C=O) groups is 4. The highest BCUT2D eigenvalue weighted by atomic mass is 16.4. The molecule has 5 aromatic rings. The monoisotopic (exact) mass is 1360 g/mol. The zero-order chi connectivity index (χ0) is 74.9. The Morgan fingerprint density at radius 2 is 0.898 bits per heavy atom. The lowest BCUT2D eigenvalue weighted by atomic mass is 9.40. The van der Waals surface area contributed by atoms with E-state index in [9.17, 15) is 24.6 Å². The lowest BCUT2D eigenvalue weighted by Gasteiger charge is -2.65. The van der Waals surface area contributed by atoms with Crippen molar-refractivity contribution in [3.63, 3.8) is 0 Å². The first-order valence-corrected chi connectivity index (χ1v) is 39.4.